The Bertz CT molecular complexity index is 352. The summed E-state index contributed by atoms with van der Waals surface area (Å²) in [5.41, 5.74) is 7.33. The molecule has 0 saturated carbocycles. The summed E-state index contributed by atoms with van der Waals surface area (Å²) in [6, 6.07) is 4.57. The van der Waals surface area contributed by atoms with E-state index in [9.17, 15) is 0 Å². The van der Waals surface area contributed by atoms with Crippen molar-refractivity contribution in [1.82, 2.24) is 9.88 Å². The van der Waals surface area contributed by atoms with E-state index in [-0.39, 0.29) is 0 Å². The third-order valence-electron chi connectivity index (χ3n) is 4.33. The third-order valence-corrected chi connectivity index (χ3v) is 4.33. The van der Waals surface area contributed by atoms with Gasteiger partial charge in [0.1, 0.15) is 0 Å². The molecule has 1 aromatic heterocycles. The van der Waals surface area contributed by atoms with E-state index in [0.29, 0.717) is 12.6 Å². The molecule has 1 aliphatic rings. The maximum atomic E-state index is 6.02. The maximum absolute atomic E-state index is 6.02. The van der Waals surface area contributed by atoms with Crippen LogP contribution in [-0.4, -0.2) is 29.5 Å². The molecule has 0 spiro atoms. The summed E-state index contributed by atoms with van der Waals surface area (Å²) in [5.74, 6) is 0.922. The smallest absolute Gasteiger partial charge is 0.0471 e. The summed E-state index contributed by atoms with van der Waals surface area (Å²) in [4.78, 5) is 6.68. The molecule has 1 fully saturated rings. The van der Waals surface area contributed by atoms with Gasteiger partial charge in [0, 0.05) is 25.0 Å². The highest BCUT2D eigenvalue weighted by Gasteiger charge is 2.22. The first kappa shape index (κ1) is 14.5. The number of aromatic nitrogens is 1. The average molecular weight is 261 g/mol. The highest BCUT2D eigenvalue weighted by molar-refractivity contribution is 5.15. The monoisotopic (exact) mass is 261 g/mol. The lowest BCUT2D eigenvalue weighted by atomic mass is 9.96. The number of hydrogen-bond acceptors (Lipinski definition) is 3. The van der Waals surface area contributed by atoms with Gasteiger partial charge in [0.05, 0.1) is 0 Å². The van der Waals surface area contributed by atoms with Gasteiger partial charge in [-0.15, -0.1) is 0 Å². The van der Waals surface area contributed by atoms with Gasteiger partial charge in [0.15, 0.2) is 0 Å². The lowest BCUT2D eigenvalue weighted by Crippen LogP contribution is -2.34. The molecule has 106 valence electrons. The Morgan fingerprint density at radius 3 is 2.79 bits per heavy atom. The second-order valence-electron chi connectivity index (χ2n) is 5.65. The molecular weight excluding hydrogens is 234 g/mol. The summed E-state index contributed by atoms with van der Waals surface area (Å²) in [7, 11) is 0. The van der Waals surface area contributed by atoms with Crippen LogP contribution in [0.5, 0.6) is 0 Å². The summed E-state index contributed by atoms with van der Waals surface area (Å²) in [6.45, 7) is 5.37. The molecule has 0 radical (unpaired) electrons. The second-order valence-corrected chi connectivity index (χ2v) is 5.65. The van der Waals surface area contributed by atoms with Crippen LogP contribution in [0.1, 0.15) is 50.6 Å². The van der Waals surface area contributed by atoms with Crippen molar-refractivity contribution in [3.8, 4) is 0 Å². The maximum Gasteiger partial charge on any atom is 0.0471 e. The molecule has 19 heavy (non-hydrogen) atoms. The minimum Gasteiger partial charge on any atom is -0.329 e. The standard InChI is InChI=1S/C16H27N3/c1-2-4-14-5-3-11-19(12-8-14)16(13-17)15-6-9-18-10-7-15/h6-7,9-10,14,16H,2-5,8,11-13,17H2,1H3. The molecule has 2 N–H and O–H groups in total. The van der Waals surface area contributed by atoms with Gasteiger partial charge in [-0.25, -0.2) is 0 Å². The molecule has 0 amide bonds. The fraction of sp³-hybridized carbons (Fsp3) is 0.688. The van der Waals surface area contributed by atoms with E-state index in [1.807, 2.05) is 12.4 Å². The molecule has 1 saturated heterocycles. The quantitative estimate of drug-likeness (QED) is 0.886. The third kappa shape index (κ3) is 4.02. The van der Waals surface area contributed by atoms with E-state index in [1.165, 1.54) is 50.8 Å². The normalized spacial score (nSPS) is 22.9. The fourth-order valence-corrected chi connectivity index (χ4v) is 3.28. The highest BCUT2D eigenvalue weighted by Crippen LogP contribution is 2.27. The van der Waals surface area contributed by atoms with Gasteiger partial charge in [-0.1, -0.05) is 19.8 Å². The Balaban J connectivity index is 1.99. The van der Waals surface area contributed by atoms with Crippen LogP contribution in [-0.2, 0) is 0 Å². The average Bonchev–Trinajstić information content (AvgIpc) is 2.68. The molecule has 3 heteroatoms. The number of likely N-dealkylation sites (tertiary alicyclic amines) is 1. The topological polar surface area (TPSA) is 42.1 Å². The van der Waals surface area contributed by atoms with E-state index in [1.54, 1.807) is 0 Å². The van der Waals surface area contributed by atoms with Crippen molar-refractivity contribution in [1.29, 1.82) is 0 Å². The van der Waals surface area contributed by atoms with E-state index < -0.39 is 0 Å². The molecular formula is C16H27N3. The lowest BCUT2D eigenvalue weighted by molar-refractivity contribution is 0.206. The predicted octanol–water partition coefficient (Wildman–Crippen LogP) is 2.98. The summed E-state index contributed by atoms with van der Waals surface area (Å²) < 4.78 is 0. The number of nitrogens with two attached hydrogens (primary N) is 1. The van der Waals surface area contributed by atoms with Crippen LogP contribution in [0.25, 0.3) is 0 Å². The molecule has 2 atom stereocenters. The number of nitrogens with zero attached hydrogens (tertiary/aromatic N) is 2. The Kier molecular flexibility index (Phi) is 5.80. The summed E-state index contributed by atoms with van der Waals surface area (Å²) >= 11 is 0. The zero-order valence-corrected chi connectivity index (χ0v) is 12.1. The van der Waals surface area contributed by atoms with Crippen molar-refractivity contribution in [3.63, 3.8) is 0 Å². The van der Waals surface area contributed by atoms with E-state index in [2.05, 4.69) is 28.9 Å². The Morgan fingerprint density at radius 1 is 1.32 bits per heavy atom. The van der Waals surface area contributed by atoms with Gasteiger partial charge in [0.2, 0.25) is 0 Å². The predicted molar refractivity (Wildman–Crippen MR) is 79.9 cm³/mol. The van der Waals surface area contributed by atoms with Crippen LogP contribution in [0.2, 0.25) is 0 Å². The molecule has 0 aliphatic carbocycles. The number of pyridine rings is 1. The molecule has 0 aromatic carbocycles. The van der Waals surface area contributed by atoms with Crippen molar-refractivity contribution < 1.29 is 0 Å². The summed E-state index contributed by atoms with van der Waals surface area (Å²) in [6.07, 6.45) is 10.5. The number of rotatable bonds is 5. The van der Waals surface area contributed by atoms with E-state index in [0.717, 1.165) is 5.92 Å². The molecule has 1 aromatic rings. The van der Waals surface area contributed by atoms with Crippen molar-refractivity contribution in [2.75, 3.05) is 19.6 Å². The minimum atomic E-state index is 0.364. The van der Waals surface area contributed by atoms with Gasteiger partial charge in [-0.2, -0.15) is 0 Å². The highest BCUT2D eigenvalue weighted by atomic mass is 15.2. The van der Waals surface area contributed by atoms with Gasteiger partial charge in [0.25, 0.3) is 0 Å². The Labute approximate surface area is 117 Å². The van der Waals surface area contributed by atoms with Crippen molar-refractivity contribution in [3.05, 3.63) is 30.1 Å². The molecule has 1 aliphatic heterocycles. The van der Waals surface area contributed by atoms with Crippen molar-refractivity contribution in [2.45, 2.75) is 45.1 Å². The summed E-state index contributed by atoms with van der Waals surface area (Å²) in [5, 5.41) is 0. The molecule has 0 bridgehead atoms. The van der Waals surface area contributed by atoms with Crippen molar-refractivity contribution >= 4 is 0 Å². The van der Waals surface area contributed by atoms with Gasteiger partial charge in [-0.05, 0) is 56.0 Å². The SMILES string of the molecule is CCCC1CCCN(C(CN)c2ccncc2)CC1. The van der Waals surface area contributed by atoms with Gasteiger partial charge < -0.3 is 5.73 Å². The first-order chi connectivity index (χ1) is 9.35. The first-order valence-electron chi connectivity index (χ1n) is 7.69. The Hall–Kier alpha value is -0.930. The van der Waals surface area contributed by atoms with Crippen LogP contribution in [0, 0.1) is 5.92 Å². The molecule has 2 unspecified atom stereocenters. The van der Waals surface area contributed by atoms with Gasteiger partial charge in [-0.3, -0.25) is 9.88 Å². The van der Waals surface area contributed by atoms with Crippen LogP contribution in [0.15, 0.2) is 24.5 Å². The van der Waals surface area contributed by atoms with Gasteiger partial charge >= 0.3 is 0 Å². The largest absolute Gasteiger partial charge is 0.329 e. The zero-order valence-electron chi connectivity index (χ0n) is 12.1. The number of hydrogen-bond donors (Lipinski definition) is 1. The minimum absolute atomic E-state index is 0.364. The molecule has 3 nitrogen and oxygen atoms in total. The second kappa shape index (κ2) is 7.61. The lowest BCUT2D eigenvalue weighted by Gasteiger charge is -2.30. The van der Waals surface area contributed by atoms with Crippen molar-refractivity contribution in [2.24, 2.45) is 11.7 Å². The van der Waals surface area contributed by atoms with Crippen LogP contribution >= 0.6 is 0 Å². The van der Waals surface area contributed by atoms with Crippen LogP contribution < -0.4 is 5.73 Å². The fourth-order valence-electron chi connectivity index (χ4n) is 3.28. The van der Waals surface area contributed by atoms with E-state index >= 15 is 0 Å². The Morgan fingerprint density at radius 2 is 2.11 bits per heavy atom. The molecule has 2 rings (SSSR count). The zero-order chi connectivity index (χ0) is 13.5. The molecule has 2 heterocycles. The van der Waals surface area contributed by atoms with Crippen LogP contribution in [0.4, 0.5) is 0 Å². The van der Waals surface area contributed by atoms with E-state index in [4.69, 9.17) is 5.73 Å². The first-order valence-corrected chi connectivity index (χ1v) is 7.69. The van der Waals surface area contributed by atoms with Crippen LogP contribution in [0.3, 0.4) is 0 Å².